The van der Waals surface area contributed by atoms with Crippen LogP contribution in [0.4, 0.5) is 0 Å². The van der Waals surface area contributed by atoms with Crippen molar-refractivity contribution < 1.29 is 19.1 Å². The third kappa shape index (κ3) is 7.75. The van der Waals surface area contributed by atoms with Crippen LogP contribution in [0.5, 0.6) is 0 Å². The fourth-order valence-corrected chi connectivity index (χ4v) is 4.15. The van der Waals surface area contributed by atoms with Gasteiger partial charge in [0, 0.05) is 25.0 Å². The van der Waals surface area contributed by atoms with Crippen molar-refractivity contribution in [2.24, 2.45) is 5.92 Å². The molecule has 0 heterocycles. The highest BCUT2D eigenvalue weighted by Crippen LogP contribution is 2.26. The van der Waals surface area contributed by atoms with E-state index >= 15 is 0 Å². The second kappa shape index (κ2) is 11.0. The summed E-state index contributed by atoms with van der Waals surface area (Å²) in [6, 6.07) is 0.246. The standard InChI is InChI=1S/C21H37NO4/c1-15(2)26-20-12-10-19(11-13-20)25-14-4-5-21(24)22-18-8-6-17(7-9-18)16(3)23/h15,17-20H,4-14H2,1-3H3,(H,22,24). The van der Waals surface area contributed by atoms with E-state index < -0.39 is 0 Å². The Morgan fingerprint density at radius 2 is 1.58 bits per heavy atom. The molecule has 150 valence electrons. The van der Waals surface area contributed by atoms with Gasteiger partial charge < -0.3 is 14.8 Å². The molecule has 0 radical (unpaired) electrons. The number of nitrogens with one attached hydrogen (secondary N) is 1. The van der Waals surface area contributed by atoms with Crippen molar-refractivity contribution in [2.75, 3.05) is 6.61 Å². The van der Waals surface area contributed by atoms with Crippen LogP contribution in [0.1, 0.15) is 85.0 Å². The first-order valence-electron chi connectivity index (χ1n) is 10.5. The molecular formula is C21H37NO4. The van der Waals surface area contributed by atoms with Crippen molar-refractivity contribution >= 4 is 11.7 Å². The highest BCUT2D eigenvalue weighted by atomic mass is 16.5. The molecule has 0 spiro atoms. The first-order valence-corrected chi connectivity index (χ1v) is 10.5. The molecule has 1 amide bonds. The van der Waals surface area contributed by atoms with Gasteiger partial charge in [-0.25, -0.2) is 0 Å². The van der Waals surface area contributed by atoms with Crippen LogP contribution in [0.2, 0.25) is 0 Å². The van der Waals surface area contributed by atoms with Gasteiger partial charge in [0.2, 0.25) is 5.91 Å². The van der Waals surface area contributed by atoms with Crippen molar-refractivity contribution in [1.29, 1.82) is 0 Å². The molecule has 1 N–H and O–H groups in total. The van der Waals surface area contributed by atoms with Crippen LogP contribution in [0.15, 0.2) is 0 Å². The molecule has 2 rings (SSSR count). The van der Waals surface area contributed by atoms with Gasteiger partial charge in [-0.05, 0) is 78.6 Å². The SMILES string of the molecule is CC(=O)C1CCC(NC(=O)CCCOC2CCC(OC(C)C)CC2)CC1. The summed E-state index contributed by atoms with van der Waals surface area (Å²) in [7, 11) is 0. The average Bonchev–Trinajstić information content (AvgIpc) is 2.60. The fourth-order valence-electron chi connectivity index (χ4n) is 4.15. The molecule has 0 aliphatic heterocycles. The number of Topliss-reactive ketones (excluding diaryl/α,β-unsaturated/α-hetero) is 1. The van der Waals surface area contributed by atoms with Crippen LogP contribution in [0, 0.1) is 5.92 Å². The third-order valence-electron chi connectivity index (χ3n) is 5.65. The lowest BCUT2D eigenvalue weighted by atomic mass is 9.84. The normalized spacial score (nSPS) is 29.5. The summed E-state index contributed by atoms with van der Waals surface area (Å²) in [5.41, 5.74) is 0. The van der Waals surface area contributed by atoms with Gasteiger partial charge in [0.1, 0.15) is 5.78 Å². The van der Waals surface area contributed by atoms with Crippen LogP contribution in [-0.4, -0.2) is 42.7 Å². The van der Waals surface area contributed by atoms with E-state index in [1.807, 2.05) is 0 Å². The molecule has 0 unspecified atom stereocenters. The lowest BCUT2D eigenvalue weighted by Crippen LogP contribution is -2.38. The number of carbonyl (C=O) groups is 2. The van der Waals surface area contributed by atoms with Crippen molar-refractivity contribution in [3.63, 3.8) is 0 Å². The summed E-state index contributed by atoms with van der Waals surface area (Å²) in [5, 5.41) is 3.12. The van der Waals surface area contributed by atoms with Crippen LogP contribution in [0.25, 0.3) is 0 Å². The van der Waals surface area contributed by atoms with Crippen LogP contribution >= 0.6 is 0 Å². The smallest absolute Gasteiger partial charge is 0.220 e. The Morgan fingerprint density at radius 3 is 2.15 bits per heavy atom. The second-order valence-corrected chi connectivity index (χ2v) is 8.28. The highest BCUT2D eigenvalue weighted by molar-refractivity contribution is 5.78. The second-order valence-electron chi connectivity index (χ2n) is 8.28. The topological polar surface area (TPSA) is 64.6 Å². The van der Waals surface area contributed by atoms with Gasteiger partial charge >= 0.3 is 0 Å². The Hall–Kier alpha value is -0.940. The van der Waals surface area contributed by atoms with E-state index in [4.69, 9.17) is 9.47 Å². The molecule has 0 saturated heterocycles. The zero-order valence-corrected chi connectivity index (χ0v) is 16.8. The minimum atomic E-state index is 0.119. The number of amides is 1. The zero-order chi connectivity index (χ0) is 18.9. The Kier molecular flexibility index (Phi) is 9.06. The summed E-state index contributed by atoms with van der Waals surface area (Å²) in [6.07, 6.45) is 10.3. The zero-order valence-electron chi connectivity index (χ0n) is 16.8. The molecular weight excluding hydrogens is 330 g/mol. The van der Waals surface area contributed by atoms with Crippen molar-refractivity contribution in [3.8, 4) is 0 Å². The molecule has 5 heteroatoms. The maximum Gasteiger partial charge on any atom is 0.220 e. The van der Waals surface area contributed by atoms with Crippen LogP contribution in [-0.2, 0) is 19.1 Å². The van der Waals surface area contributed by atoms with Crippen molar-refractivity contribution in [1.82, 2.24) is 5.32 Å². The minimum absolute atomic E-state index is 0.119. The Morgan fingerprint density at radius 1 is 0.962 bits per heavy atom. The number of carbonyl (C=O) groups excluding carboxylic acids is 2. The predicted molar refractivity (Wildman–Crippen MR) is 102 cm³/mol. The van der Waals surface area contributed by atoms with Gasteiger partial charge in [-0.3, -0.25) is 9.59 Å². The van der Waals surface area contributed by atoms with Crippen molar-refractivity contribution in [2.45, 2.75) is 109 Å². The predicted octanol–water partition coefficient (Wildman–Crippen LogP) is 3.78. The summed E-state index contributed by atoms with van der Waals surface area (Å²) in [6.45, 7) is 6.50. The molecule has 2 saturated carbocycles. The van der Waals surface area contributed by atoms with E-state index in [-0.39, 0.29) is 23.7 Å². The molecule has 0 aromatic rings. The van der Waals surface area contributed by atoms with Gasteiger partial charge in [0.25, 0.3) is 0 Å². The molecule has 2 aliphatic rings. The molecule has 2 aliphatic carbocycles. The van der Waals surface area contributed by atoms with E-state index in [9.17, 15) is 9.59 Å². The summed E-state index contributed by atoms with van der Waals surface area (Å²) < 4.78 is 11.8. The Labute approximate surface area is 158 Å². The maximum atomic E-state index is 12.1. The van der Waals surface area contributed by atoms with E-state index in [0.717, 1.165) is 57.8 Å². The number of hydrogen-bond donors (Lipinski definition) is 1. The monoisotopic (exact) mass is 367 g/mol. The van der Waals surface area contributed by atoms with Gasteiger partial charge in [-0.2, -0.15) is 0 Å². The largest absolute Gasteiger partial charge is 0.378 e. The molecule has 0 aromatic heterocycles. The molecule has 0 bridgehead atoms. The lowest BCUT2D eigenvalue weighted by molar-refractivity contribution is -0.123. The number of ketones is 1. The molecule has 0 aromatic carbocycles. The average molecular weight is 368 g/mol. The number of hydrogen-bond acceptors (Lipinski definition) is 4. The summed E-state index contributed by atoms with van der Waals surface area (Å²) >= 11 is 0. The van der Waals surface area contributed by atoms with Gasteiger partial charge in [0.15, 0.2) is 0 Å². The van der Waals surface area contributed by atoms with Crippen LogP contribution in [0.3, 0.4) is 0 Å². The van der Waals surface area contributed by atoms with E-state index in [2.05, 4.69) is 19.2 Å². The summed E-state index contributed by atoms with van der Waals surface area (Å²) in [4.78, 5) is 23.5. The van der Waals surface area contributed by atoms with Crippen molar-refractivity contribution in [3.05, 3.63) is 0 Å². The minimum Gasteiger partial charge on any atom is -0.378 e. The Balaban J connectivity index is 1.50. The molecule has 2 fully saturated rings. The van der Waals surface area contributed by atoms with Gasteiger partial charge in [-0.15, -0.1) is 0 Å². The first-order chi connectivity index (χ1) is 12.4. The quantitative estimate of drug-likeness (QED) is 0.630. The lowest BCUT2D eigenvalue weighted by Gasteiger charge is -2.30. The molecule has 26 heavy (non-hydrogen) atoms. The number of rotatable bonds is 9. The maximum absolute atomic E-state index is 12.1. The first kappa shape index (κ1) is 21.4. The fraction of sp³-hybridized carbons (Fsp3) is 0.905. The van der Waals surface area contributed by atoms with Gasteiger partial charge in [-0.1, -0.05) is 0 Å². The van der Waals surface area contributed by atoms with E-state index in [1.165, 1.54) is 0 Å². The number of ether oxygens (including phenoxy) is 2. The summed E-state index contributed by atoms with van der Waals surface area (Å²) in [5.74, 6) is 0.614. The third-order valence-corrected chi connectivity index (χ3v) is 5.65. The molecule has 5 nitrogen and oxygen atoms in total. The van der Waals surface area contributed by atoms with E-state index in [1.54, 1.807) is 6.92 Å². The molecule has 0 atom stereocenters. The van der Waals surface area contributed by atoms with Crippen LogP contribution < -0.4 is 5.32 Å². The van der Waals surface area contributed by atoms with Gasteiger partial charge in [0.05, 0.1) is 18.3 Å². The van der Waals surface area contributed by atoms with E-state index in [0.29, 0.717) is 31.3 Å². The highest BCUT2D eigenvalue weighted by Gasteiger charge is 2.25. The Bertz CT molecular complexity index is 435.